The van der Waals surface area contributed by atoms with Gasteiger partial charge in [-0.15, -0.1) is 0 Å². The van der Waals surface area contributed by atoms with Gasteiger partial charge in [-0.25, -0.2) is 0 Å². The first-order valence-electron chi connectivity index (χ1n) is 10.0. The Hall–Kier alpha value is -2.28. The average molecular weight is 391 g/mol. The van der Waals surface area contributed by atoms with Crippen LogP contribution in [-0.2, 0) is 16.1 Å². The molecule has 1 fully saturated rings. The Bertz CT molecular complexity index is 640. The van der Waals surface area contributed by atoms with E-state index in [1.165, 1.54) is 0 Å². The molecule has 2 rings (SSSR count). The van der Waals surface area contributed by atoms with Crippen LogP contribution in [-0.4, -0.2) is 75.7 Å². The van der Waals surface area contributed by atoms with Gasteiger partial charge in [0.25, 0.3) is 0 Å². The lowest BCUT2D eigenvalue weighted by Gasteiger charge is -2.33. The number of hydrogen-bond donors (Lipinski definition) is 1. The van der Waals surface area contributed by atoms with Gasteiger partial charge in [-0.05, 0) is 51.6 Å². The predicted octanol–water partition coefficient (Wildman–Crippen LogP) is 1.98. The fourth-order valence-corrected chi connectivity index (χ4v) is 3.19. The van der Waals surface area contributed by atoms with Crippen molar-refractivity contribution < 1.29 is 14.3 Å². The van der Waals surface area contributed by atoms with Crippen molar-refractivity contribution in [3.8, 4) is 5.75 Å². The molecule has 28 heavy (non-hydrogen) atoms. The summed E-state index contributed by atoms with van der Waals surface area (Å²) in [5.41, 5.74) is 1.14. The van der Waals surface area contributed by atoms with E-state index in [4.69, 9.17) is 9.47 Å². The Kier molecular flexibility index (Phi) is 9.07. The largest absolute Gasteiger partial charge is 0.492 e. The molecular weight excluding hydrogens is 356 g/mol. The number of piperidine rings is 1. The number of hydrogen-bond acceptors (Lipinski definition) is 5. The molecule has 0 spiro atoms. The fraction of sp³-hybridized carbons (Fsp3) is 0.619. The predicted molar refractivity (Wildman–Crippen MR) is 112 cm³/mol. The summed E-state index contributed by atoms with van der Waals surface area (Å²) >= 11 is 0. The first-order chi connectivity index (χ1) is 13.5. The quantitative estimate of drug-likeness (QED) is 0.416. The number of esters is 1. The topological polar surface area (TPSA) is 66.4 Å². The molecule has 0 amide bonds. The van der Waals surface area contributed by atoms with Gasteiger partial charge in [0.05, 0.1) is 12.5 Å². The fourth-order valence-electron chi connectivity index (χ4n) is 3.19. The molecule has 1 aromatic carbocycles. The van der Waals surface area contributed by atoms with E-state index in [1.54, 1.807) is 7.05 Å². The smallest absolute Gasteiger partial charge is 0.309 e. The van der Waals surface area contributed by atoms with Gasteiger partial charge < -0.3 is 24.6 Å². The van der Waals surface area contributed by atoms with Gasteiger partial charge >= 0.3 is 5.97 Å². The third kappa shape index (κ3) is 7.03. The third-order valence-electron chi connectivity index (χ3n) is 4.78. The van der Waals surface area contributed by atoms with Crippen molar-refractivity contribution in [3.05, 3.63) is 29.8 Å². The van der Waals surface area contributed by atoms with Crippen LogP contribution in [0.2, 0.25) is 0 Å². The first kappa shape index (κ1) is 22.0. The number of ether oxygens (including phenoxy) is 2. The van der Waals surface area contributed by atoms with Crippen molar-refractivity contribution in [2.45, 2.75) is 26.3 Å². The molecule has 0 aromatic heterocycles. The summed E-state index contributed by atoms with van der Waals surface area (Å²) in [6.45, 7) is 6.13. The third-order valence-corrected chi connectivity index (χ3v) is 4.78. The standard InChI is InChI=1S/C21H34N4O3/c1-5-27-20(26)18-9-11-25(12-10-18)21(22-2)23-16-17-7-6-8-19(15-17)28-14-13-24(3)4/h6-8,15,18H,5,9-14,16H2,1-4H3,(H,22,23). The number of carbonyl (C=O) groups is 1. The normalized spacial score (nSPS) is 15.6. The van der Waals surface area contributed by atoms with E-state index < -0.39 is 0 Å². The summed E-state index contributed by atoms with van der Waals surface area (Å²) < 4.78 is 11.0. The van der Waals surface area contributed by atoms with Crippen LogP contribution in [0.25, 0.3) is 0 Å². The summed E-state index contributed by atoms with van der Waals surface area (Å²) in [6, 6.07) is 8.12. The van der Waals surface area contributed by atoms with E-state index in [2.05, 4.69) is 32.2 Å². The molecule has 1 saturated heterocycles. The number of likely N-dealkylation sites (N-methyl/N-ethyl adjacent to an activating group) is 1. The monoisotopic (exact) mass is 390 g/mol. The zero-order chi connectivity index (χ0) is 20.4. The number of guanidine groups is 1. The van der Waals surface area contributed by atoms with Gasteiger partial charge in [0, 0.05) is 33.2 Å². The van der Waals surface area contributed by atoms with Gasteiger partial charge in [-0.3, -0.25) is 9.79 Å². The van der Waals surface area contributed by atoms with E-state index in [1.807, 2.05) is 33.2 Å². The Morgan fingerprint density at radius 1 is 1.32 bits per heavy atom. The zero-order valence-corrected chi connectivity index (χ0v) is 17.6. The van der Waals surface area contributed by atoms with Crippen LogP contribution < -0.4 is 10.1 Å². The molecular formula is C21H34N4O3. The van der Waals surface area contributed by atoms with Crippen molar-refractivity contribution in [3.63, 3.8) is 0 Å². The number of rotatable bonds is 8. The van der Waals surface area contributed by atoms with Crippen LogP contribution >= 0.6 is 0 Å². The molecule has 1 heterocycles. The van der Waals surface area contributed by atoms with Crippen molar-refractivity contribution in [2.24, 2.45) is 10.9 Å². The second-order valence-electron chi connectivity index (χ2n) is 7.21. The number of nitrogens with zero attached hydrogens (tertiary/aromatic N) is 3. The van der Waals surface area contributed by atoms with Gasteiger partial charge in [0.15, 0.2) is 5.96 Å². The molecule has 1 N–H and O–H groups in total. The highest BCUT2D eigenvalue weighted by atomic mass is 16.5. The highest BCUT2D eigenvalue weighted by Crippen LogP contribution is 2.19. The highest BCUT2D eigenvalue weighted by molar-refractivity contribution is 5.80. The molecule has 0 bridgehead atoms. The summed E-state index contributed by atoms with van der Waals surface area (Å²) in [4.78, 5) is 20.6. The number of likely N-dealkylation sites (tertiary alicyclic amines) is 1. The SMILES string of the molecule is CCOC(=O)C1CCN(C(=NC)NCc2cccc(OCCN(C)C)c2)CC1. The molecule has 7 nitrogen and oxygen atoms in total. The molecule has 0 atom stereocenters. The maximum Gasteiger partial charge on any atom is 0.309 e. The summed E-state index contributed by atoms with van der Waals surface area (Å²) in [5, 5.41) is 3.42. The van der Waals surface area contributed by atoms with Crippen LogP contribution in [0, 0.1) is 5.92 Å². The van der Waals surface area contributed by atoms with Gasteiger partial charge in [-0.2, -0.15) is 0 Å². The van der Waals surface area contributed by atoms with E-state index in [-0.39, 0.29) is 11.9 Å². The van der Waals surface area contributed by atoms with E-state index >= 15 is 0 Å². The summed E-state index contributed by atoms with van der Waals surface area (Å²) in [5.74, 6) is 1.68. The number of nitrogens with one attached hydrogen (secondary N) is 1. The molecule has 0 unspecified atom stereocenters. The summed E-state index contributed by atoms with van der Waals surface area (Å²) in [6.07, 6.45) is 1.60. The van der Waals surface area contributed by atoms with Crippen LogP contribution in [0.15, 0.2) is 29.3 Å². The Labute approximate surface area is 168 Å². The Morgan fingerprint density at radius 3 is 2.71 bits per heavy atom. The van der Waals surface area contributed by atoms with Gasteiger partial charge in [-0.1, -0.05) is 12.1 Å². The van der Waals surface area contributed by atoms with Crippen molar-refractivity contribution in [2.75, 3.05) is 54.0 Å². The minimum absolute atomic E-state index is 0.00491. The molecule has 0 radical (unpaired) electrons. The maximum atomic E-state index is 11.9. The average Bonchev–Trinajstić information content (AvgIpc) is 2.69. The number of aliphatic imine (C=N–C) groups is 1. The minimum Gasteiger partial charge on any atom is -0.492 e. The van der Waals surface area contributed by atoms with E-state index in [0.717, 1.165) is 49.7 Å². The van der Waals surface area contributed by atoms with Gasteiger partial charge in [0.1, 0.15) is 12.4 Å². The lowest BCUT2D eigenvalue weighted by atomic mass is 9.97. The second-order valence-corrected chi connectivity index (χ2v) is 7.21. The number of benzene rings is 1. The van der Waals surface area contributed by atoms with E-state index in [0.29, 0.717) is 19.8 Å². The van der Waals surface area contributed by atoms with Crippen molar-refractivity contribution in [1.82, 2.24) is 15.1 Å². The van der Waals surface area contributed by atoms with Crippen LogP contribution in [0.1, 0.15) is 25.3 Å². The van der Waals surface area contributed by atoms with Crippen LogP contribution in [0.3, 0.4) is 0 Å². The number of carbonyl (C=O) groups excluding carboxylic acids is 1. The van der Waals surface area contributed by atoms with Crippen LogP contribution in [0.4, 0.5) is 0 Å². The lowest BCUT2D eigenvalue weighted by Crippen LogP contribution is -2.46. The molecule has 7 heteroatoms. The molecule has 1 aromatic rings. The van der Waals surface area contributed by atoms with Gasteiger partial charge in [0.2, 0.25) is 0 Å². The molecule has 156 valence electrons. The highest BCUT2D eigenvalue weighted by Gasteiger charge is 2.27. The minimum atomic E-state index is -0.0730. The second kappa shape index (κ2) is 11.5. The molecule has 0 aliphatic carbocycles. The van der Waals surface area contributed by atoms with Crippen molar-refractivity contribution in [1.29, 1.82) is 0 Å². The Balaban J connectivity index is 1.82. The van der Waals surface area contributed by atoms with Crippen LogP contribution in [0.5, 0.6) is 5.75 Å². The van der Waals surface area contributed by atoms with Crippen molar-refractivity contribution >= 4 is 11.9 Å². The lowest BCUT2D eigenvalue weighted by molar-refractivity contribution is -0.149. The Morgan fingerprint density at radius 2 is 2.07 bits per heavy atom. The van der Waals surface area contributed by atoms with E-state index in [9.17, 15) is 4.79 Å². The zero-order valence-electron chi connectivity index (χ0n) is 17.6. The molecule has 1 aliphatic rings. The summed E-state index contributed by atoms with van der Waals surface area (Å²) in [7, 11) is 5.86. The maximum absolute atomic E-state index is 11.9. The molecule has 0 saturated carbocycles. The molecule has 1 aliphatic heterocycles. The first-order valence-corrected chi connectivity index (χ1v) is 10.0.